The van der Waals surface area contributed by atoms with Gasteiger partial charge in [-0.25, -0.2) is 4.98 Å². The first-order valence-electron chi connectivity index (χ1n) is 1.71. The van der Waals surface area contributed by atoms with Gasteiger partial charge in [0.2, 0.25) is 5.06 Å². The largest absolute Gasteiger partial charge is 0.498 e. The molecule has 1 aromatic heterocycles. The summed E-state index contributed by atoms with van der Waals surface area (Å²) in [4.78, 5) is 3.81. The first-order chi connectivity index (χ1) is 3.70. The molecule has 0 unspecified atom stereocenters. The summed E-state index contributed by atoms with van der Waals surface area (Å²) in [6.07, 6.45) is 0. The third-order valence-electron chi connectivity index (χ3n) is 0.543. The number of hydrogen-bond donors (Lipinski definition) is 1. The van der Waals surface area contributed by atoms with E-state index >= 15 is 0 Å². The highest BCUT2D eigenvalue weighted by molar-refractivity contribution is 9.11. The molecule has 0 aliphatic rings. The summed E-state index contributed by atoms with van der Waals surface area (Å²) >= 11 is 7.32. The Morgan fingerprint density at radius 1 is 1.50 bits per heavy atom. The predicted molar refractivity (Wildman–Crippen MR) is 39.2 cm³/mol. The molecule has 1 aromatic rings. The Labute approximate surface area is 66.8 Å². The molecule has 0 saturated carbocycles. The summed E-state index contributed by atoms with van der Waals surface area (Å²) < 4.78 is 1.18. The molecule has 0 aliphatic carbocycles. The Kier molecular flexibility index (Phi) is 1.89. The smallest absolute Gasteiger partial charge is 0.207 e. The van der Waals surface area contributed by atoms with E-state index in [1.165, 1.54) is 11.3 Å². The minimum Gasteiger partial charge on any atom is -0.498 e. The van der Waals surface area contributed by atoms with Gasteiger partial charge in [-0.05, 0) is 31.9 Å². The van der Waals surface area contributed by atoms with E-state index in [-0.39, 0.29) is 5.06 Å². The number of rotatable bonds is 0. The van der Waals surface area contributed by atoms with Crippen LogP contribution in [0.4, 0.5) is 0 Å². The van der Waals surface area contributed by atoms with Crippen molar-refractivity contribution in [3.05, 3.63) is 8.52 Å². The van der Waals surface area contributed by atoms with Crippen LogP contribution in [0.1, 0.15) is 0 Å². The van der Waals surface area contributed by atoms with Gasteiger partial charge in [0.15, 0.2) is 8.52 Å². The number of aromatic nitrogens is 1. The molecule has 0 atom stereocenters. The molecule has 44 valence electrons. The first kappa shape index (κ1) is 6.51. The average molecular weight is 259 g/mol. The fourth-order valence-corrected chi connectivity index (χ4v) is 2.11. The molecule has 0 amide bonds. The van der Waals surface area contributed by atoms with Crippen LogP contribution in [-0.2, 0) is 0 Å². The van der Waals surface area contributed by atoms with Crippen LogP contribution in [0.5, 0.6) is 5.06 Å². The van der Waals surface area contributed by atoms with Crippen LogP contribution in [0.3, 0.4) is 0 Å². The maximum Gasteiger partial charge on any atom is 0.207 e. The van der Waals surface area contributed by atoms with Crippen molar-refractivity contribution >= 4 is 43.2 Å². The van der Waals surface area contributed by atoms with Crippen LogP contribution in [-0.4, -0.2) is 10.1 Å². The van der Waals surface area contributed by atoms with Crippen LogP contribution in [0.15, 0.2) is 8.52 Å². The summed E-state index contributed by atoms with van der Waals surface area (Å²) in [5.74, 6) is 0. The average Bonchev–Trinajstić information content (AvgIpc) is 1.85. The third kappa shape index (κ3) is 1.21. The minimum atomic E-state index is 0.205. The van der Waals surface area contributed by atoms with E-state index in [0.29, 0.717) is 8.52 Å². The number of aromatic hydroxyl groups is 1. The fraction of sp³-hybridized carbons (Fsp3) is 0. The normalized spacial score (nSPS) is 9.75. The lowest BCUT2D eigenvalue weighted by atomic mass is 10.9. The predicted octanol–water partition coefficient (Wildman–Crippen LogP) is 2.37. The zero-order chi connectivity index (χ0) is 6.15. The quantitative estimate of drug-likeness (QED) is 0.775. The zero-order valence-electron chi connectivity index (χ0n) is 3.56. The van der Waals surface area contributed by atoms with Crippen molar-refractivity contribution in [3.63, 3.8) is 0 Å². The molecule has 1 N–H and O–H groups in total. The van der Waals surface area contributed by atoms with E-state index in [1.54, 1.807) is 0 Å². The van der Waals surface area contributed by atoms with Crippen LogP contribution in [0.2, 0.25) is 0 Å². The number of nitrogens with zero attached hydrogens (tertiary/aromatic N) is 1. The Balaban J connectivity index is 3.14. The van der Waals surface area contributed by atoms with Crippen molar-refractivity contribution in [2.24, 2.45) is 0 Å². The van der Waals surface area contributed by atoms with Crippen LogP contribution >= 0.6 is 43.2 Å². The molecular weight excluding hydrogens is 258 g/mol. The molecule has 0 radical (unpaired) electrons. The zero-order valence-corrected chi connectivity index (χ0v) is 7.55. The van der Waals surface area contributed by atoms with Gasteiger partial charge < -0.3 is 5.11 Å². The topological polar surface area (TPSA) is 33.1 Å². The molecule has 1 heterocycles. The molecule has 0 bridgehead atoms. The summed E-state index contributed by atoms with van der Waals surface area (Å²) in [5, 5.41) is 9.02. The van der Waals surface area contributed by atoms with E-state index in [9.17, 15) is 0 Å². The van der Waals surface area contributed by atoms with E-state index in [1.807, 2.05) is 0 Å². The fourth-order valence-electron chi connectivity index (χ4n) is 0.270. The highest BCUT2D eigenvalue weighted by atomic mass is 79.9. The monoisotopic (exact) mass is 257 g/mol. The van der Waals surface area contributed by atoms with Crippen LogP contribution in [0, 0.1) is 0 Å². The van der Waals surface area contributed by atoms with Gasteiger partial charge in [-0.2, -0.15) is 0 Å². The summed E-state index contributed by atoms with van der Waals surface area (Å²) in [7, 11) is 0. The van der Waals surface area contributed by atoms with E-state index < -0.39 is 0 Å². The molecule has 0 aromatic carbocycles. The standard InChI is InChI=1S/C3HBr2NOS/c4-1-2(7)8-3(5)6-1/h7H. The van der Waals surface area contributed by atoms with Crippen molar-refractivity contribution in [2.45, 2.75) is 0 Å². The second kappa shape index (κ2) is 2.33. The second-order valence-electron chi connectivity index (χ2n) is 1.06. The Bertz CT molecular complexity index is 180. The SMILES string of the molecule is Oc1sc(Br)nc1Br. The molecule has 0 saturated heterocycles. The lowest BCUT2D eigenvalue weighted by Gasteiger charge is -1.74. The van der Waals surface area contributed by atoms with Gasteiger partial charge in [0.05, 0.1) is 0 Å². The summed E-state index contributed by atoms with van der Waals surface area (Å²) in [5.41, 5.74) is 0. The Hall–Kier alpha value is 0.390. The molecule has 0 aliphatic heterocycles. The lowest BCUT2D eigenvalue weighted by molar-refractivity contribution is 0.486. The van der Waals surface area contributed by atoms with Gasteiger partial charge in [0.1, 0.15) is 0 Å². The molecular formula is C3HBr2NOS. The van der Waals surface area contributed by atoms with Gasteiger partial charge in [-0.3, -0.25) is 0 Å². The molecule has 1 rings (SSSR count). The van der Waals surface area contributed by atoms with Crippen molar-refractivity contribution in [1.29, 1.82) is 0 Å². The summed E-state index contributed by atoms with van der Waals surface area (Å²) in [6, 6.07) is 0. The van der Waals surface area contributed by atoms with Crippen LogP contribution < -0.4 is 0 Å². The van der Waals surface area contributed by atoms with E-state index in [4.69, 9.17) is 5.11 Å². The summed E-state index contributed by atoms with van der Waals surface area (Å²) in [6.45, 7) is 0. The Morgan fingerprint density at radius 3 is 2.25 bits per heavy atom. The van der Waals surface area contributed by atoms with E-state index in [2.05, 4.69) is 36.8 Å². The van der Waals surface area contributed by atoms with Crippen molar-refractivity contribution in [2.75, 3.05) is 0 Å². The van der Waals surface area contributed by atoms with Gasteiger partial charge in [0, 0.05) is 0 Å². The van der Waals surface area contributed by atoms with Gasteiger partial charge in [-0.15, -0.1) is 0 Å². The van der Waals surface area contributed by atoms with Gasteiger partial charge >= 0.3 is 0 Å². The molecule has 0 fully saturated rings. The van der Waals surface area contributed by atoms with Gasteiger partial charge in [-0.1, -0.05) is 11.3 Å². The van der Waals surface area contributed by atoms with Crippen molar-refractivity contribution in [1.82, 2.24) is 4.98 Å². The van der Waals surface area contributed by atoms with Crippen LogP contribution in [0.25, 0.3) is 0 Å². The first-order valence-corrected chi connectivity index (χ1v) is 4.11. The van der Waals surface area contributed by atoms with E-state index in [0.717, 1.165) is 0 Å². The van der Waals surface area contributed by atoms with Crippen molar-refractivity contribution < 1.29 is 5.11 Å². The molecule has 8 heavy (non-hydrogen) atoms. The maximum atomic E-state index is 8.82. The Morgan fingerprint density at radius 2 is 2.12 bits per heavy atom. The molecule has 5 heteroatoms. The van der Waals surface area contributed by atoms with Crippen molar-refractivity contribution in [3.8, 4) is 5.06 Å². The lowest BCUT2D eigenvalue weighted by Crippen LogP contribution is -1.58. The molecule has 2 nitrogen and oxygen atoms in total. The maximum absolute atomic E-state index is 8.82. The second-order valence-corrected chi connectivity index (χ2v) is 4.07. The van der Waals surface area contributed by atoms with Gasteiger partial charge in [0.25, 0.3) is 0 Å². The third-order valence-corrected chi connectivity index (χ3v) is 2.67. The highest BCUT2D eigenvalue weighted by Crippen LogP contribution is 2.32. The minimum absolute atomic E-state index is 0.205. The molecule has 0 spiro atoms. The number of thiazole rings is 1. The number of halogens is 2. The highest BCUT2D eigenvalue weighted by Gasteiger charge is 2.02. The number of hydrogen-bond acceptors (Lipinski definition) is 3.